The Morgan fingerprint density at radius 1 is 0.246 bits per heavy atom. The fourth-order valence-electron chi connectivity index (χ4n) is 18.8. The van der Waals surface area contributed by atoms with E-state index in [1.807, 2.05) is 0 Å². The molecule has 0 radical (unpaired) electrons. The van der Waals surface area contributed by atoms with Gasteiger partial charge in [-0.3, -0.25) is 4.90 Å². The number of rotatable bonds is 7. The zero-order chi connectivity index (χ0) is 37.7. The SMILES string of the molecule is C1CCC(C2CCC(N(C3CCC(C4CCCCC4)CC3)C3CCC(C4CCC(C5CCCC6C7CCC8OC9CCCCC9C8C7OC56)CC4)CC3)CC2)CC1. The topological polar surface area (TPSA) is 21.7 Å². The molecule has 9 aliphatic carbocycles. The van der Waals surface area contributed by atoms with E-state index in [0.717, 1.165) is 89.1 Å². The molecule has 9 unspecified atom stereocenters. The molecule has 0 N–H and O–H groups in total. The summed E-state index contributed by atoms with van der Waals surface area (Å²) in [6, 6.07) is 2.73. The van der Waals surface area contributed by atoms with E-state index in [1.54, 1.807) is 77.0 Å². The highest BCUT2D eigenvalue weighted by atomic mass is 16.5. The van der Waals surface area contributed by atoms with E-state index in [0.29, 0.717) is 24.4 Å². The van der Waals surface area contributed by atoms with Crippen LogP contribution in [-0.4, -0.2) is 47.4 Å². The van der Waals surface area contributed by atoms with Crippen LogP contribution in [0.3, 0.4) is 0 Å². The van der Waals surface area contributed by atoms with Gasteiger partial charge in [0.1, 0.15) is 0 Å². The molecule has 57 heavy (non-hydrogen) atoms. The summed E-state index contributed by atoms with van der Waals surface area (Å²) in [6.07, 6.45) is 55.1. The lowest BCUT2D eigenvalue weighted by Crippen LogP contribution is -2.53. The maximum atomic E-state index is 7.46. The van der Waals surface area contributed by atoms with Crippen LogP contribution in [0.2, 0.25) is 0 Å². The van der Waals surface area contributed by atoms with Gasteiger partial charge in [-0.25, -0.2) is 0 Å². The van der Waals surface area contributed by atoms with Gasteiger partial charge in [-0.05, 0) is 206 Å². The third-order valence-electron chi connectivity index (χ3n) is 21.6. The van der Waals surface area contributed by atoms with Crippen molar-refractivity contribution < 1.29 is 9.47 Å². The van der Waals surface area contributed by atoms with Crippen molar-refractivity contribution >= 4 is 0 Å². The molecule has 0 spiro atoms. The molecule has 9 saturated carbocycles. The largest absolute Gasteiger partial charge is 0.374 e. The Balaban J connectivity index is 0.696. The second-order valence-corrected chi connectivity index (χ2v) is 23.9. The van der Waals surface area contributed by atoms with Crippen LogP contribution in [0.25, 0.3) is 0 Å². The van der Waals surface area contributed by atoms with Gasteiger partial charge in [0.05, 0.1) is 24.4 Å². The predicted molar refractivity (Wildman–Crippen MR) is 234 cm³/mol. The first-order chi connectivity index (χ1) is 28.2. The second kappa shape index (κ2) is 17.9. The Hall–Kier alpha value is -0.120. The highest BCUT2D eigenvalue weighted by Gasteiger charge is 2.60. The van der Waals surface area contributed by atoms with E-state index in [4.69, 9.17) is 9.47 Å². The monoisotopic (exact) mass is 784 g/mol. The van der Waals surface area contributed by atoms with Gasteiger partial charge in [0.2, 0.25) is 0 Å². The van der Waals surface area contributed by atoms with Crippen molar-refractivity contribution in [3.63, 3.8) is 0 Å². The number of hydrogen-bond acceptors (Lipinski definition) is 3. The molecular weight excluding hydrogens is 695 g/mol. The third-order valence-corrected chi connectivity index (χ3v) is 21.6. The number of fused-ring (bicyclic) bond motifs is 7. The van der Waals surface area contributed by atoms with E-state index in [1.165, 1.54) is 148 Å². The van der Waals surface area contributed by atoms with Crippen molar-refractivity contribution in [2.75, 3.05) is 0 Å². The van der Waals surface area contributed by atoms with E-state index < -0.39 is 0 Å². The van der Waals surface area contributed by atoms with Crippen LogP contribution in [0, 0.1) is 71.0 Å². The normalized spacial score (nSPS) is 50.2. The first-order valence-electron chi connectivity index (χ1n) is 27.3. The molecule has 2 heterocycles. The van der Waals surface area contributed by atoms with Crippen LogP contribution < -0.4 is 0 Å². The van der Waals surface area contributed by atoms with Crippen LogP contribution in [0.5, 0.6) is 0 Å². The van der Waals surface area contributed by atoms with E-state index >= 15 is 0 Å². The van der Waals surface area contributed by atoms with Gasteiger partial charge in [-0.2, -0.15) is 0 Å². The molecule has 0 aromatic carbocycles. The molecule has 3 heteroatoms. The van der Waals surface area contributed by atoms with Crippen LogP contribution in [0.4, 0.5) is 0 Å². The molecule has 0 bridgehead atoms. The van der Waals surface area contributed by atoms with Crippen molar-refractivity contribution in [3.05, 3.63) is 0 Å². The van der Waals surface area contributed by atoms with Crippen molar-refractivity contribution in [1.29, 1.82) is 0 Å². The van der Waals surface area contributed by atoms with Crippen LogP contribution in [0.1, 0.15) is 225 Å². The van der Waals surface area contributed by atoms with E-state index in [9.17, 15) is 0 Å². The first-order valence-corrected chi connectivity index (χ1v) is 27.3. The molecule has 11 rings (SSSR count). The minimum absolute atomic E-state index is 0.526. The van der Waals surface area contributed by atoms with Gasteiger partial charge in [0.15, 0.2) is 0 Å². The average molecular weight is 784 g/mol. The third kappa shape index (κ3) is 8.06. The molecule has 0 aromatic rings. The maximum Gasteiger partial charge on any atom is 0.0667 e. The molecule has 9 atom stereocenters. The summed E-state index contributed by atoms with van der Waals surface area (Å²) >= 11 is 0. The standard InChI is InChI=1S/C54H89NO2/c1-3-10-36(11-4-1)39-22-28-43(29-23-39)55(44-30-24-40(25-31-44)37-12-5-2-6-13-37)45-32-26-41(27-33-45)38-18-20-42(21-19-38)46-15-9-16-47-48-34-35-51-52(54(48)57-53(46)47)49-14-7-8-17-50(49)56-51/h36-54H,1-35H2. The van der Waals surface area contributed by atoms with Gasteiger partial charge < -0.3 is 9.47 Å². The van der Waals surface area contributed by atoms with Crippen molar-refractivity contribution in [2.45, 2.75) is 267 Å². The fourth-order valence-corrected chi connectivity index (χ4v) is 18.8. The highest BCUT2D eigenvalue weighted by Crippen LogP contribution is 2.59. The molecule has 0 aromatic heterocycles. The summed E-state index contributed by atoms with van der Waals surface area (Å²) < 4.78 is 14.3. The quantitative estimate of drug-likeness (QED) is 0.257. The molecule has 11 fully saturated rings. The molecule has 2 aliphatic heterocycles. The van der Waals surface area contributed by atoms with Crippen LogP contribution in [-0.2, 0) is 9.47 Å². The van der Waals surface area contributed by atoms with Crippen molar-refractivity contribution in [2.24, 2.45) is 71.0 Å². The Labute approximate surface area is 351 Å². The van der Waals surface area contributed by atoms with Gasteiger partial charge in [-0.15, -0.1) is 0 Å². The van der Waals surface area contributed by atoms with Gasteiger partial charge in [-0.1, -0.05) is 83.5 Å². The van der Waals surface area contributed by atoms with E-state index in [-0.39, 0.29) is 0 Å². The molecule has 322 valence electrons. The van der Waals surface area contributed by atoms with Crippen molar-refractivity contribution in [1.82, 2.24) is 4.90 Å². The second-order valence-electron chi connectivity index (χ2n) is 23.9. The summed E-state index contributed by atoms with van der Waals surface area (Å²) in [5.41, 5.74) is 0. The fraction of sp³-hybridized carbons (Fsp3) is 1.00. The minimum Gasteiger partial charge on any atom is -0.374 e. The van der Waals surface area contributed by atoms with Crippen LogP contribution in [0.15, 0.2) is 0 Å². The summed E-state index contributed by atoms with van der Waals surface area (Å²) in [5, 5.41) is 0. The summed E-state index contributed by atoms with van der Waals surface area (Å²) in [4.78, 5) is 3.33. The minimum atomic E-state index is 0.526. The van der Waals surface area contributed by atoms with Crippen molar-refractivity contribution in [3.8, 4) is 0 Å². The number of ether oxygens (including phenoxy) is 2. The lowest BCUT2D eigenvalue weighted by Gasteiger charge is -2.51. The summed E-state index contributed by atoms with van der Waals surface area (Å²) in [7, 11) is 0. The predicted octanol–water partition coefficient (Wildman–Crippen LogP) is 14.1. The Morgan fingerprint density at radius 3 is 1.23 bits per heavy atom. The molecule has 11 aliphatic rings. The zero-order valence-electron chi connectivity index (χ0n) is 37.0. The van der Waals surface area contributed by atoms with E-state index in [2.05, 4.69) is 4.90 Å². The molecule has 2 saturated heterocycles. The van der Waals surface area contributed by atoms with Crippen LogP contribution >= 0.6 is 0 Å². The molecule has 3 nitrogen and oxygen atoms in total. The smallest absolute Gasteiger partial charge is 0.0667 e. The van der Waals surface area contributed by atoms with Gasteiger partial charge >= 0.3 is 0 Å². The zero-order valence-corrected chi connectivity index (χ0v) is 37.0. The average Bonchev–Trinajstić information content (AvgIpc) is 3.87. The number of hydrogen-bond donors (Lipinski definition) is 0. The molecular formula is C54H89NO2. The molecule has 0 amide bonds. The maximum absolute atomic E-state index is 7.46. The lowest BCUT2D eigenvalue weighted by molar-refractivity contribution is -0.0865. The summed E-state index contributed by atoms with van der Waals surface area (Å²) in [5.74, 6) is 11.4. The Kier molecular flexibility index (Phi) is 12.5. The van der Waals surface area contributed by atoms with Gasteiger partial charge in [0, 0.05) is 24.0 Å². The highest BCUT2D eigenvalue weighted by molar-refractivity contribution is 5.08. The number of nitrogens with zero attached hydrogens (tertiary/aromatic N) is 1. The lowest BCUT2D eigenvalue weighted by atomic mass is 9.61. The first kappa shape index (κ1) is 39.7. The summed E-state index contributed by atoms with van der Waals surface area (Å²) in [6.45, 7) is 0. The van der Waals surface area contributed by atoms with Gasteiger partial charge in [0.25, 0.3) is 0 Å². The Morgan fingerprint density at radius 2 is 0.667 bits per heavy atom. The Bertz CT molecular complexity index is 1220.